The Labute approximate surface area is 160 Å². The molecule has 0 aliphatic carbocycles. The highest BCUT2D eigenvalue weighted by Gasteiger charge is 2.13. The van der Waals surface area contributed by atoms with Gasteiger partial charge in [0.1, 0.15) is 17.4 Å². The van der Waals surface area contributed by atoms with Crippen molar-refractivity contribution < 1.29 is 9.53 Å². The van der Waals surface area contributed by atoms with Crippen LogP contribution >= 0.6 is 0 Å². The monoisotopic (exact) mass is 363 g/mol. The van der Waals surface area contributed by atoms with Gasteiger partial charge in [-0.15, -0.1) is 0 Å². The second-order valence-corrected chi connectivity index (χ2v) is 7.17. The van der Waals surface area contributed by atoms with Crippen molar-refractivity contribution in [1.29, 1.82) is 5.26 Å². The van der Waals surface area contributed by atoms with E-state index >= 15 is 0 Å². The van der Waals surface area contributed by atoms with Gasteiger partial charge in [-0.05, 0) is 40.8 Å². The molecule has 0 saturated heterocycles. The molecule has 1 amide bonds. The molecular weight excluding hydrogens is 338 g/mol. The molecule has 5 heteroatoms. The van der Waals surface area contributed by atoms with Gasteiger partial charge in [0, 0.05) is 18.4 Å². The molecule has 0 bridgehead atoms. The average molecular weight is 363 g/mol. The van der Waals surface area contributed by atoms with E-state index in [1.54, 1.807) is 7.11 Å². The summed E-state index contributed by atoms with van der Waals surface area (Å²) in [6.45, 7) is 6.78. The van der Waals surface area contributed by atoms with Crippen LogP contribution in [0.25, 0.3) is 0 Å². The van der Waals surface area contributed by atoms with Gasteiger partial charge in [-0.1, -0.05) is 45.0 Å². The minimum Gasteiger partial charge on any atom is -0.497 e. The fourth-order valence-corrected chi connectivity index (χ4v) is 2.39. The normalized spacial score (nSPS) is 11.4. The van der Waals surface area contributed by atoms with Crippen LogP contribution in [0.5, 0.6) is 5.75 Å². The number of ether oxygens (including phenoxy) is 1. The minimum atomic E-state index is -0.424. The zero-order chi connectivity index (χ0) is 19.9. The lowest BCUT2D eigenvalue weighted by atomic mass is 9.87. The molecule has 2 aromatic rings. The number of methoxy groups -OCH3 is 1. The number of nitriles is 1. The third kappa shape index (κ3) is 5.89. The van der Waals surface area contributed by atoms with Crippen LogP contribution in [0.3, 0.4) is 0 Å². The quantitative estimate of drug-likeness (QED) is 0.598. The number of carbonyl (C=O) groups is 1. The Hall–Kier alpha value is -3.26. The van der Waals surface area contributed by atoms with E-state index in [0.29, 0.717) is 6.54 Å². The molecule has 0 heterocycles. The van der Waals surface area contributed by atoms with Crippen molar-refractivity contribution in [3.05, 3.63) is 71.4 Å². The number of carbonyl (C=O) groups excluding carboxylic acids is 1. The van der Waals surface area contributed by atoms with Gasteiger partial charge in [0.25, 0.3) is 5.91 Å². The van der Waals surface area contributed by atoms with Crippen LogP contribution in [0, 0.1) is 11.3 Å². The summed E-state index contributed by atoms with van der Waals surface area (Å²) in [5.41, 5.74) is 3.05. The van der Waals surface area contributed by atoms with Crippen molar-refractivity contribution in [3.8, 4) is 11.8 Å². The Morgan fingerprint density at radius 3 is 2.26 bits per heavy atom. The van der Waals surface area contributed by atoms with Gasteiger partial charge in [0.2, 0.25) is 0 Å². The molecule has 0 spiro atoms. The van der Waals surface area contributed by atoms with Gasteiger partial charge in [-0.25, -0.2) is 0 Å². The number of rotatable bonds is 6. The van der Waals surface area contributed by atoms with E-state index in [4.69, 9.17) is 4.74 Å². The maximum atomic E-state index is 12.2. The van der Waals surface area contributed by atoms with Gasteiger partial charge in [-0.2, -0.15) is 5.26 Å². The average Bonchev–Trinajstić information content (AvgIpc) is 2.67. The molecule has 0 saturated carbocycles. The van der Waals surface area contributed by atoms with Gasteiger partial charge < -0.3 is 15.4 Å². The van der Waals surface area contributed by atoms with Crippen molar-refractivity contribution in [3.63, 3.8) is 0 Å². The largest absolute Gasteiger partial charge is 0.497 e. The number of nitrogens with one attached hydrogen (secondary N) is 2. The summed E-state index contributed by atoms with van der Waals surface area (Å²) < 4.78 is 5.10. The zero-order valence-corrected chi connectivity index (χ0v) is 16.2. The lowest BCUT2D eigenvalue weighted by molar-refractivity contribution is -0.117. The summed E-state index contributed by atoms with van der Waals surface area (Å²) in [5.74, 6) is 0.330. The van der Waals surface area contributed by atoms with Crippen LogP contribution in [0.1, 0.15) is 31.9 Å². The highest BCUT2D eigenvalue weighted by molar-refractivity contribution is 5.97. The highest BCUT2D eigenvalue weighted by atomic mass is 16.5. The second-order valence-electron chi connectivity index (χ2n) is 7.17. The van der Waals surface area contributed by atoms with Crippen molar-refractivity contribution in [1.82, 2.24) is 5.32 Å². The van der Waals surface area contributed by atoms with E-state index < -0.39 is 5.91 Å². The topological polar surface area (TPSA) is 74.1 Å². The highest BCUT2D eigenvalue weighted by Crippen LogP contribution is 2.23. The Balaban J connectivity index is 1.96. The predicted octanol–water partition coefficient (Wildman–Crippen LogP) is 4.13. The summed E-state index contributed by atoms with van der Waals surface area (Å²) in [4.78, 5) is 12.2. The SMILES string of the molecule is COc1ccc(CNC(=O)/C(C#N)=C\Nc2ccc(C(C)(C)C)cc2)cc1. The molecule has 0 unspecified atom stereocenters. The number of hydrogen-bond donors (Lipinski definition) is 2. The van der Waals surface area contributed by atoms with Crippen LogP contribution < -0.4 is 15.4 Å². The Bertz CT molecular complexity index is 839. The summed E-state index contributed by atoms with van der Waals surface area (Å²) >= 11 is 0. The lowest BCUT2D eigenvalue weighted by Crippen LogP contribution is -2.24. The molecule has 0 aromatic heterocycles. The molecule has 0 aliphatic rings. The Kier molecular flexibility index (Phi) is 6.62. The van der Waals surface area contributed by atoms with Gasteiger partial charge in [0.15, 0.2) is 0 Å². The van der Waals surface area contributed by atoms with E-state index in [-0.39, 0.29) is 11.0 Å². The van der Waals surface area contributed by atoms with E-state index in [1.807, 2.05) is 54.6 Å². The third-order valence-corrected chi connectivity index (χ3v) is 4.11. The summed E-state index contributed by atoms with van der Waals surface area (Å²) in [6.07, 6.45) is 1.43. The van der Waals surface area contributed by atoms with Gasteiger partial charge >= 0.3 is 0 Å². The molecule has 5 nitrogen and oxygen atoms in total. The maximum absolute atomic E-state index is 12.2. The summed E-state index contributed by atoms with van der Waals surface area (Å²) in [7, 11) is 1.60. The number of anilines is 1. The molecule has 0 atom stereocenters. The van der Waals surface area contributed by atoms with Crippen molar-refractivity contribution >= 4 is 11.6 Å². The number of nitrogens with zero attached hydrogens (tertiary/aromatic N) is 1. The first-order valence-electron chi connectivity index (χ1n) is 8.72. The molecule has 27 heavy (non-hydrogen) atoms. The summed E-state index contributed by atoms with van der Waals surface area (Å²) in [6, 6.07) is 17.2. The fourth-order valence-electron chi connectivity index (χ4n) is 2.39. The molecule has 0 fully saturated rings. The first kappa shape index (κ1) is 20.1. The first-order valence-corrected chi connectivity index (χ1v) is 8.72. The molecule has 2 aromatic carbocycles. The molecule has 2 rings (SSSR count). The van der Waals surface area contributed by atoms with Gasteiger partial charge in [-0.3, -0.25) is 4.79 Å². The minimum absolute atomic E-state index is 0.0170. The first-order chi connectivity index (χ1) is 12.8. The maximum Gasteiger partial charge on any atom is 0.263 e. The molecule has 0 radical (unpaired) electrons. The zero-order valence-electron chi connectivity index (χ0n) is 16.2. The van der Waals surface area contributed by atoms with Crippen LogP contribution in [-0.2, 0) is 16.8 Å². The Morgan fingerprint density at radius 2 is 1.74 bits per heavy atom. The summed E-state index contributed by atoms with van der Waals surface area (Å²) in [5, 5.41) is 15.0. The van der Waals surface area contributed by atoms with Crippen molar-refractivity contribution in [2.45, 2.75) is 32.7 Å². The lowest BCUT2D eigenvalue weighted by Gasteiger charge is -2.19. The van der Waals surface area contributed by atoms with E-state index in [0.717, 1.165) is 17.0 Å². The second kappa shape index (κ2) is 8.91. The molecule has 2 N–H and O–H groups in total. The van der Waals surface area contributed by atoms with Crippen LogP contribution in [0.4, 0.5) is 5.69 Å². The van der Waals surface area contributed by atoms with Crippen molar-refractivity contribution in [2.24, 2.45) is 0 Å². The van der Waals surface area contributed by atoms with E-state index in [1.165, 1.54) is 11.8 Å². The van der Waals surface area contributed by atoms with E-state index in [9.17, 15) is 10.1 Å². The van der Waals surface area contributed by atoms with Crippen LogP contribution in [0.15, 0.2) is 60.3 Å². The predicted molar refractivity (Wildman–Crippen MR) is 107 cm³/mol. The number of benzene rings is 2. The number of hydrogen-bond acceptors (Lipinski definition) is 4. The molecule has 0 aliphatic heterocycles. The van der Waals surface area contributed by atoms with Crippen LogP contribution in [-0.4, -0.2) is 13.0 Å². The van der Waals surface area contributed by atoms with Gasteiger partial charge in [0.05, 0.1) is 7.11 Å². The smallest absolute Gasteiger partial charge is 0.263 e. The number of amides is 1. The molecule has 140 valence electrons. The third-order valence-electron chi connectivity index (χ3n) is 4.11. The van der Waals surface area contributed by atoms with Crippen molar-refractivity contribution in [2.75, 3.05) is 12.4 Å². The fraction of sp³-hybridized carbons (Fsp3) is 0.273. The standard InChI is InChI=1S/C22H25N3O2/c1-22(2,3)18-7-9-19(10-8-18)24-15-17(13-23)21(26)25-14-16-5-11-20(27-4)12-6-16/h5-12,15,24H,14H2,1-4H3,(H,25,26)/b17-15-. The Morgan fingerprint density at radius 1 is 1.11 bits per heavy atom. The van der Waals surface area contributed by atoms with E-state index in [2.05, 4.69) is 31.4 Å². The molecular formula is C22H25N3O2. The van der Waals surface area contributed by atoms with Crippen LogP contribution in [0.2, 0.25) is 0 Å².